The van der Waals surface area contributed by atoms with Crippen molar-refractivity contribution >= 4 is 28.3 Å². The zero-order chi connectivity index (χ0) is 15.4. The Balaban J connectivity index is 2.11. The quantitative estimate of drug-likeness (QED) is 0.834. The predicted octanol–water partition coefficient (Wildman–Crippen LogP) is 1.23. The van der Waals surface area contributed by atoms with Crippen LogP contribution in [0.5, 0.6) is 0 Å². The summed E-state index contributed by atoms with van der Waals surface area (Å²) in [6, 6.07) is 0. The molecule has 2 rings (SSSR count). The Morgan fingerprint density at radius 1 is 1.48 bits per heavy atom. The first kappa shape index (κ1) is 15.1. The predicted molar refractivity (Wildman–Crippen MR) is 76.2 cm³/mol. The van der Waals surface area contributed by atoms with Gasteiger partial charge in [-0.1, -0.05) is 5.21 Å². The van der Waals surface area contributed by atoms with E-state index in [-0.39, 0.29) is 18.2 Å². The monoisotopic (exact) mass is 309 g/mol. The molecule has 8 nitrogen and oxygen atoms in total. The number of hydrogen-bond donors (Lipinski definition) is 1. The third kappa shape index (κ3) is 3.63. The van der Waals surface area contributed by atoms with Crippen LogP contribution < -0.4 is 5.32 Å². The average Bonchev–Trinajstić information content (AvgIpc) is 2.98. The van der Waals surface area contributed by atoms with Crippen LogP contribution in [-0.2, 0) is 16.1 Å². The minimum Gasteiger partial charge on any atom is -0.461 e. The number of aromatic nitrogens is 4. The van der Waals surface area contributed by atoms with Crippen LogP contribution in [0.2, 0.25) is 0 Å². The number of carbonyl (C=O) groups excluding carboxylic acids is 2. The Hall–Kier alpha value is -2.29. The Labute approximate surface area is 125 Å². The van der Waals surface area contributed by atoms with Gasteiger partial charge >= 0.3 is 5.97 Å². The molecule has 2 aromatic rings. The van der Waals surface area contributed by atoms with Crippen LogP contribution in [0.3, 0.4) is 0 Å². The number of ether oxygens (including phenoxy) is 1. The van der Waals surface area contributed by atoms with Crippen LogP contribution in [0.4, 0.5) is 5.13 Å². The summed E-state index contributed by atoms with van der Waals surface area (Å²) in [4.78, 5) is 26.9. The fourth-order valence-corrected chi connectivity index (χ4v) is 2.39. The van der Waals surface area contributed by atoms with Gasteiger partial charge in [0.15, 0.2) is 10.8 Å². The highest BCUT2D eigenvalue weighted by Crippen LogP contribution is 2.17. The SMILES string of the molecule is CCOC(=O)c1nnn(Cc2csc(NC(C)=O)n2)c1C. The van der Waals surface area contributed by atoms with Gasteiger partial charge in [-0.05, 0) is 13.8 Å². The Morgan fingerprint density at radius 3 is 2.90 bits per heavy atom. The summed E-state index contributed by atoms with van der Waals surface area (Å²) in [7, 11) is 0. The van der Waals surface area contributed by atoms with Crippen molar-refractivity contribution in [2.75, 3.05) is 11.9 Å². The maximum atomic E-state index is 11.7. The largest absolute Gasteiger partial charge is 0.461 e. The normalized spacial score (nSPS) is 10.4. The van der Waals surface area contributed by atoms with E-state index in [0.29, 0.717) is 17.4 Å². The third-order valence-corrected chi connectivity index (χ3v) is 3.40. The molecular weight excluding hydrogens is 294 g/mol. The van der Waals surface area contributed by atoms with Crippen molar-refractivity contribution in [3.05, 3.63) is 22.5 Å². The summed E-state index contributed by atoms with van der Waals surface area (Å²) in [5, 5.41) is 12.7. The van der Waals surface area contributed by atoms with E-state index in [9.17, 15) is 9.59 Å². The molecule has 0 aliphatic heterocycles. The van der Waals surface area contributed by atoms with Crippen LogP contribution >= 0.6 is 11.3 Å². The molecule has 2 aromatic heterocycles. The molecule has 1 N–H and O–H groups in total. The summed E-state index contributed by atoms with van der Waals surface area (Å²) in [6.45, 7) is 5.56. The molecule has 0 saturated carbocycles. The summed E-state index contributed by atoms with van der Waals surface area (Å²) in [5.41, 5.74) is 1.55. The molecule has 1 amide bonds. The molecule has 0 aliphatic rings. The molecule has 0 spiro atoms. The second-order valence-electron chi connectivity index (χ2n) is 4.23. The first-order valence-corrected chi connectivity index (χ1v) is 7.18. The number of carbonyl (C=O) groups is 2. The number of anilines is 1. The lowest BCUT2D eigenvalue weighted by Crippen LogP contribution is -2.09. The first-order chi connectivity index (χ1) is 10.0. The van der Waals surface area contributed by atoms with Crippen molar-refractivity contribution in [2.24, 2.45) is 0 Å². The van der Waals surface area contributed by atoms with E-state index >= 15 is 0 Å². The van der Waals surface area contributed by atoms with Gasteiger partial charge in [0.25, 0.3) is 0 Å². The lowest BCUT2D eigenvalue weighted by atomic mass is 10.3. The van der Waals surface area contributed by atoms with Crippen molar-refractivity contribution < 1.29 is 14.3 Å². The van der Waals surface area contributed by atoms with Crippen LogP contribution in [0.25, 0.3) is 0 Å². The molecule has 0 fully saturated rings. The zero-order valence-corrected chi connectivity index (χ0v) is 12.7. The molecule has 0 radical (unpaired) electrons. The molecule has 112 valence electrons. The van der Waals surface area contributed by atoms with E-state index < -0.39 is 5.97 Å². The maximum Gasteiger partial charge on any atom is 0.360 e. The summed E-state index contributed by atoms with van der Waals surface area (Å²) < 4.78 is 6.47. The van der Waals surface area contributed by atoms with Gasteiger partial charge in [-0.15, -0.1) is 16.4 Å². The maximum absolute atomic E-state index is 11.7. The minimum atomic E-state index is -0.488. The van der Waals surface area contributed by atoms with Crippen LogP contribution in [0.1, 0.15) is 35.7 Å². The van der Waals surface area contributed by atoms with Gasteiger partial charge in [-0.25, -0.2) is 14.5 Å². The molecule has 9 heteroatoms. The number of rotatable bonds is 5. The molecule has 2 heterocycles. The van der Waals surface area contributed by atoms with Gasteiger partial charge in [0.1, 0.15) is 0 Å². The zero-order valence-electron chi connectivity index (χ0n) is 11.9. The third-order valence-electron chi connectivity index (χ3n) is 2.60. The summed E-state index contributed by atoms with van der Waals surface area (Å²) >= 11 is 1.33. The van der Waals surface area contributed by atoms with E-state index in [1.807, 2.05) is 5.38 Å². The van der Waals surface area contributed by atoms with E-state index in [2.05, 4.69) is 20.6 Å². The smallest absolute Gasteiger partial charge is 0.360 e. The molecular formula is C12H15N5O3S. The molecule has 0 unspecified atom stereocenters. The highest BCUT2D eigenvalue weighted by Gasteiger charge is 2.18. The minimum absolute atomic E-state index is 0.169. The van der Waals surface area contributed by atoms with Gasteiger partial charge in [-0.2, -0.15) is 0 Å². The van der Waals surface area contributed by atoms with Crippen LogP contribution in [-0.4, -0.2) is 38.5 Å². The van der Waals surface area contributed by atoms with Gasteiger partial charge in [0.05, 0.1) is 24.5 Å². The number of nitrogens with one attached hydrogen (secondary N) is 1. The number of hydrogen-bond acceptors (Lipinski definition) is 7. The number of nitrogens with zero attached hydrogens (tertiary/aromatic N) is 4. The highest BCUT2D eigenvalue weighted by molar-refractivity contribution is 7.13. The van der Waals surface area contributed by atoms with E-state index in [4.69, 9.17) is 4.74 Å². The van der Waals surface area contributed by atoms with Crippen molar-refractivity contribution in [3.8, 4) is 0 Å². The average molecular weight is 309 g/mol. The fourth-order valence-electron chi connectivity index (χ4n) is 1.64. The highest BCUT2D eigenvalue weighted by atomic mass is 32.1. The van der Waals surface area contributed by atoms with Gasteiger partial charge < -0.3 is 10.1 Å². The van der Waals surface area contributed by atoms with Crippen molar-refractivity contribution in [3.63, 3.8) is 0 Å². The Kier molecular flexibility index (Phi) is 4.63. The molecule has 21 heavy (non-hydrogen) atoms. The number of esters is 1. The fraction of sp³-hybridized carbons (Fsp3) is 0.417. The van der Waals surface area contributed by atoms with E-state index in [0.717, 1.165) is 5.69 Å². The van der Waals surface area contributed by atoms with Gasteiger partial charge in [-0.3, -0.25) is 4.79 Å². The second kappa shape index (κ2) is 6.44. The van der Waals surface area contributed by atoms with E-state index in [1.54, 1.807) is 18.5 Å². The standard InChI is InChI=1S/C12H15N5O3S/c1-4-20-11(19)10-7(2)17(16-15-10)5-9-6-21-12(14-9)13-8(3)18/h6H,4-5H2,1-3H3,(H,13,14,18). The number of amides is 1. The van der Waals surface area contributed by atoms with Gasteiger partial charge in [0.2, 0.25) is 5.91 Å². The lowest BCUT2D eigenvalue weighted by molar-refractivity contribution is -0.114. The van der Waals surface area contributed by atoms with Crippen molar-refractivity contribution in [2.45, 2.75) is 27.3 Å². The van der Waals surface area contributed by atoms with E-state index in [1.165, 1.54) is 18.3 Å². The first-order valence-electron chi connectivity index (χ1n) is 6.30. The number of thiazole rings is 1. The second-order valence-corrected chi connectivity index (χ2v) is 5.08. The molecule has 0 aromatic carbocycles. The Bertz CT molecular complexity index is 664. The molecule has 0 aliphatic carbocycles. The summed E-state index contributed by atoms with van der Waals surface area (Å²) in [6.07, 6.45) is 0. The van der Waals surface area contributed by atoms with Crippen LogP contribution in [0, 0.1) is 6.92 Å². The molecule has 0 bridgehead atoms. The Morgan fingerprint density at radius 2 is 2.24 bits per heavy atom. The van der Waals surface area contributed by atoms with Crippen molar-refractivity contribution in [1.29, 1.82) is 0 Å². The topological polar surface area (TPSA) is 99.0 Å². The molecule has 0 atom stereocenters. The van der Waals surface area contributed by atoms with Crippen LogP contribution in [0.15, 0.2) is 5.38 Å². The molecule has 0 saturated heterocycles. The van der Waals surface area contributed by atoms with Crippen molar-refractivity contribution in [1.82, 2.24) is 20.0 Å². The lowest BCUT2D eigenvalue weighted by Gasteiger charge is -2.01. The van der Waals surface area contributed by atoms with Gasteiger partial charge in [0, 0.05) is 12.3 Å². The summed E-state index contributed by atoms with van der Waals surface area (Å²) in [5.74, 6) is -0.657.